The van der Waals surface area contributed by atoms with Crippen LogP contribution in [-0.2, 0) is 0 Å². The quantitative estimate of drug-likeness (QED) is 0.745. The van der Waals surface area contributed by atoms with E-state index in [9.17, 15) is 0 Å². The summed E-state index contributed by atoms with van der Waals surface area (Å²) in [5.74, 6) is 1.44. The average molecular weight is 294 g/mol. The van der Waals surface area contributed by atoms with E-state index in [0.29, 0.717) is 17.6 Å². The van der Waals surface area contributed by atoms with Crippen LogP contribution in [0.5, 0.6) is 11.6 Å². The Kier molecular flexibility index (Phi) is 3.78. The van der Waals surface area contributed by atoms with Gasteiger partial charge in [-0.05, 0) is 24.6 Å². The van der Waals surface area contributed by atoms with Crippen molar-refractivity contribution in [2.75, 3.05) is 5.73 Å². The number of nitrogens with two attached hydrogens (primary N) is 1. The van der Waals surface area contributed by atoms with E-state index in [1.165, 1.54) is 4.68 Å². The lowest BCUT2D eigenvalue weighted by Crippen LogP contribution is -1.97. The monoisotopic (exact) mass is 294 g/mol. The summed E-state index contributed by atoms with van der Waals surface area (Å²) < 4.78 is 7.14. The summed E-state index contributed by atoms with van der Waals surface area (Å²) in [6, 6.07) is 7.46. The van der Waals surface area contributed by atoms with Gasteiger partial charge in [-0.1, -0.05) is 12.1 Å². The van der Waals surface area contributed by atoms with Crippen LogP contribution in [0.2, 0.25) is 0 Å². The first-order chi connectivity index (χ1) is 10.7. The number of nitrogen functional groups attached to an aromatic ring is 1. The van der Waals surface area contributed by atoms with Gasteiger partial charge in [0.2, 0.25) is 11.8 Å². The molecular formula is C15H14N6O. The van der Waals surface area contributed by atoms with E-state index in [1.54, 1.807) is 31.0 Å². The van der Waals surface area contributed by atoms with E-state index in [1.807, 2.05) is 31.2 Å². The number of hydrogen-bond acceptors (Lipinski definition) is 6. The van der Waals surface area contributed by atoms with Gasteiger partial charge in [-0.3, -0.25) is 4.98 Å². The summed E-state index contributed by atoms with van der Waals surface area (Å²) in [7, 11) is 0. The fraction of sp³-hybridized carbons (Fsp3) is 0.0667. The Labute approximate surface area is 127 Å². The Balaban J connectivity index is 1.78. The minimum atomic E-state index is 0.348. The Morgan fingerprint density at radius 1 is 1.32 bits per heavy atom. The first-order valence-electron chi connectivity index (χ1n) is 6.60. The Morgan fingerprint density at radius 2 is 2.23 bits per heavy atom. The summed E-state index contributed by atoms with van der Waals surface area (Å²) in [6.07, 6.45) is 8.15. The van der Waals surface area contributed by atoms with E-state index in [-0.39, 0.29) is 0 Å². The fourth-order valence-electron chi connectivity index (χ4n) is 1.84. The summed E-state index contributed by atoms with van der Waals surface area (Å²) in [5, 5.41) is 4.27. The van der Waals surface area contributed by atoms with Gasteiger partial charge >= 0.3 is 0 Å². The zero-order valence-corrected chi connectivity index (χ0v) is 11.9. The lowest BCUT2D eigenvalue weighted by atomic mass is 10.2. The molecule has 0 radical (unpaired) electrons. The van der Waals surface area contributed by atoms with Crippen molar-refractivity contribution in [3.05, 3.63) is 60.3 Å². The number of anilines is 1. The van der Waals surface area contributed by atoms with Gasteiger partial charge in [-0.2, -0.15) is 5.10 Å². The van der Waals surface area contributed by atoms with Crippen molar-refractivity contribution in [1.29, 1.82) is 0 Å². The molecule has 0 aliphatic carbocycles. The average Bonchev–Trinajstić information content (AvgIpc) is 2.84. The Morgan fingerprint density at radius 3 is 2.95 bits per heavy atom. The SMILES string of the molecule is Cc1cn(N=Cc2cccc(Oc3cnccn3)c2)c(N)n1. The molecule has 7 heteroatoms. The summed E-state index contributed by atoms with van der Waals surface area (Å²) in [6.45, 7) is 1.86. The van der Waals surface area contributed by atoms with Gasteiger partial charge in [0.1, 0.15) is 5.75 Å². The van der Waals surface area contributed by atoms with Gasteiger partial charge in [0, 0.05) is 12.4 Å². The minimum Gasteiger partial charge on any atom is -0.437 e. The molecular weight excluding hydrogens is 280 g/mol. The standard InChI is InChI=1S/C15H14N6O/c1-11-10-21(15(16)20-11)19-8-12-3-2-4-13(7-12)22-14-9-17-5-6-18-14/h2-10H,1H3,(H2,16,20). The predicted molar refractivity (Wildman–Crippen MR) is 82.9 cm³/mol. The van der Waals surface area contributed by atoms with Gasteiger partial charge < -0.3 is 10.5 Å². The van der Waals surface area contributed by atoms with Gasteiger partial charge in [-0.25, -0.2) is 14.6 Å². The zero-order valence-electron chi connectivity index (χ0n) is 11.9. The summed E-state index contributed by atoms with van der Waals surface area (Å²) in [4.78, 5) is 12.1. The van der Waals surface area contributed by atoms with Crippen LogP contribution in [0.4, 0.5) is 5.95 Å². The highest BCUT2D eigenvalue weighted by molar-refractivity contribution is 5.80. The van der Waals surface area contributed by atoms with E-state index >= 15 is 0 Å². The number of hydrogen-bond donors (Lipinski definition) is 1. The molecule has 2 heterocycles. The molecule has 7 nitrogen and oxygen atoms in total. The van der Waals surface area contributed by atoms with Crippen LogP contribution in [0.15, 0.2) is 54.2 Å². The first kappa shape index (κ1) is 13.7. The topological polar surface area (TPSA) is 91.2 Å². The third kappa shape index (κ3) is 3.26. The van der Waals surface area contributed by atoms with E-state index < -0.39 is 0 Å². The van der Waals surface area contributed by atoms with Crippen molar-refractivity contribution in [2.24, 2.45) is 5.10 Å². The highest BCUT2D eigenvalue weighted by atomic mass is 16.5. The highest BCUT2D eigenvalue weighted by Gasteiger charge is 2.00. The molecule has 0 fully saturated rings. The number of rotatable bonds is 4. The van der Waals surface area contributed by atoms with Crippen LogP contribution in [0.3, 0.4) is 0 Å². The molecule has 22 heavy (non-hydrogen) atoms. The number of benzene rings is 1. The van der Waals surface area contributed by atoms with Gasteiger partial charge in [-0.15, -0.1) is 0 Å². The van der Waals surface area contributed by atoms with Crippen LogP contribution in [0.25, 0.3) is 0 Å². The number of nitrogens with zero attached hydrogens (tertiary/aromatic N) is 5. The summed E-state index contributed by atoms with van der Waals surface area (Å²) in [5.41, 5.74) is 7.42. The normalized spacial score (nSPS) is 11.0. The molecule has 0 spiro atoms. The largest absolute Gasteiger partial charge is 0.437 e. The molecule has 1 aromatic carbocycles. The van der Waals surface area contributed by atoms with E-state index in [0.717, 1.165) is 11.3 Å². The maximum absolute atomic E-state index is 5.74. The molecule has 0 atom stereocenters. The number of aromatic nitrogens is 4. The molecule has 3 rings (SSSR count). The van der Waals surface area contributed by atoms with Crippen molar-refractivity contribution < 1.29 is 4.74 Å². The molecule has 110 valence electrons. The molecule has 0 aliphatic heterocycles. The molecule has 0 aliphatic rings. The molecule has 0 saturated carbocycles. The van der Waals surface area contributed by atoms with Crippen LogP contribution in [0, 0.1) is 6.92 Å². The number of ether oxygens (including phenoxy) is 1. The first-order valence-corrected chi connectivity index (χ1v) is 6.60. The lowest BCUT2D eigenvalue weighted by Gasteiger charge is -2.04. The smallest absolute Gasteiger partial charge is 0.237 e. The third-order valence-electron chi connectivity index (χ3n) is 2.79. The molecule has 0 amide bonds. The third-order valence-corrected chi connectivity index (χ3v) is 2.79. The number of aryl methyl sites for hydroxylation is 1. The van der Waals surface area contributed by atoms with Crippen molar-refractivity contribution in [3.63, 3.8) is 0 Å². The van der Waals surface area contributed by atoms with Crippen molar-refractivity contribution in [3.8, 4) is 11.6 Å². The Bertz CT molecular complexity index is 797. The molecule has 0 unspecified atom stereocenters. The van der Waals surface area contributed by atoms with Crippen LogP contribution >= 0.6 is 0 Å². The fourth-order valence-corrected chi connectivity index (χ4v) is 1.84. The Hall–Kier alpha value is -3.22. The maximum Gasteiger partial charge on any atom is 0.237 e. The molecule has 3 aromatic rings. The zero-order chi connectivity index (χ0) is 15.4. The molecule has 2 aromatic heterocycles. The molecule has 2 N–H and O–H groups in total. The minimum absolute atomic E-state index is 0.348. The van der Waals surface area contributed by atoms with Gasteiger partial charge in [0.15, 0.2) is 0 Å². The van der Waals surface area contributed by atoms with Crippen LogP contribution in [0.1, 0.15) is 11.3 Å². The number of imidazole rings is 1. The second-order valence-corrected chi connectivity index (χ2v) is 4.55. The van der Waals surface area contributed by atoms with Crippen molar-refractivity contribution >= 4 is 12.2 Å². The second kappa shape index (κ2) is 6.04. The lowest BCUT2D eigenvalue weighted by molar-refractivity contribution is 0.460. The van der Waals surface area contributed by atoms with Crippen LogP contribution in [-0.4, -0.2) is 25.8 Å². The van der Waals surface area contributed by atoms with Gasteiger partial charge in [0.05, 0.1) is 24.3 Å². The predicted octanol–water partition coefficient (Wildman–Crippen LogP) is 2.24. The van der Waals surface area contributed by atoms with Crippen molar-refractivity contribution in [1.82, 2.24) is 19.6 Å². The van der Waals surface area contributed by atoms with E-state index in [4.69, 9.17) is 10.5 Å². The van der Waals surface area contributed by atoms with Crippen LogP contribution < -0.4 is 10.5 Å². The van der Waals surface area contributed by atoms with E-state index in [2.05, 4.69) is 20.1 Å². The highest BCUT2D eigenvalue weighted by Crippen LogP contribution is 2.18. The summed E-state index contributed by atoms with van der Waals surface area (Å²) >= 11 is 0. The van der Waals surface area contributed by atoms with Gasteiger partial charge in [0.25, 0.3) is 0 Å². The van der Waals surface area contributed by atoms with Crippen molar-refractivity contribution in [2.45, 2.75) is 6.92 Å². The maximum atomic E-state index is 5.74. The second-order valence-electron chi connectivity index (χ2n) is 4.55. The molecule has 0 bridgehead atoms. The molecule has 0 saturated heterocycles.